The van der Waals surface area contributed by atoms with Gasteiger partial charge in [-0.3, -0.25) is 0 Å². The number of hydrogen-bond donors (Lipinski definition) is 0. The highest BCUT2D eigenvalue weighted by molar-refractivity contribution is 5.57. The van der Waals surface area contributed by atoms with E-state index < -0.39 is 0 Å². The maximum absolute atomic E-state index is 9.22. The maximum atomic E-state index is 9.22. The highest BCUT2D eigenvalue weighted by Gasteiger charge is 2.17. The Balaban J connectivity index is 1.95. The summed E-state index contributed by atoms with van der Waals surface area (Å²) in [5.41, 5.74) is 2.21. The van der Waals surface area contributed by atoms with Crippen molar-refractivity contribution in [1.82, 2.24) is 19.7 Å². The summed E-state index contributed by atoms with van der Waals surface area (Å²) in [6.45, 7) is 3.91. The molecule has 2 heterocycles. The summed E-state index contributed by atoms with van der Waals surface area (Å²) in [6.07, 6.45) is 0. The van der Waals surface area contributed by atoms with Gasteiger partial charge in [0, 0.05) is 5.56 Å². The third kappa shape index (κ3) is 2.56. The van der Waals surface area contributed by atoms with Gasteiger partial charge in [-0.15, -0.1) is 0 Å². The van der Waals surface area contributed by atoms with E-state index in [0.717, 1.165) is 11.1 Å². The molecule has 0 spiro atoms. The first-order valence-corrected chi connectivity index (χ1v) is 6.90. The molecule has 0 aliphatic heterocycles. The molecule has 0 unspecified atom stereocenters. The first-order valence-electron chi connectivity index (χ1n) is 6.90. The van der Waals surface area contributed by atoms with Crippen molar-refractivity contribution in [2.45, 2.75) is 20.4 Å². The molecule has 3 rings (SSSR count). The minimum atomic E-state index is 0.104. The fourth-order valence-electron chi connectivity index (χ4n) is 2.33. The normalized spacial score (nSPS) is 10.3. The SMILES string of the molecule is Cc1ccccc1-c1nc(Cn2c(C)nc(C#N)c2C#N)no1. The van der Waals surface area contributed by atoms with Crippen LogP contribution in [0, 0.1) is 36.5 Å². The van der Waals surface area contributed by atoms with Gasteiger partial charge in [-0.25, -0.2) is 4.98 Å². The molecule has 7 nitrogen and oxygen atoms in total. The largest absolute Gasteiger partial charge is 0.334 e. The molecule has 2 aromatic heterocycles. The summed E-state index contributed by atoms with van der Waals surface area (Å²) < 4.78 is 6.91. The van der Waals surface area contributed by atoms with E-state index in [1.54, 1.807) is 11.5 Å². The molecule has 0 atom stereocenters. The van der Waals surface area contributed by atoms with Crippen molar-refractivity contribution in [3.63, 3.8) is 0 Å². The number of imidazole rings is 1. The van der Waals surface area contributed by atoms with Crippen molar-refractivity contribution in [2.24, 2.45) is 0 Å². The van der Waals surface area contributed by atoms with Crippen LogP contribution in [0.1, 0.15) is 28.6 Å². The lowest BCUT2D eigenvalue weighted by atomic mass is 10.1. The number of nitrogens with zero attached hydrogens (tertiary/aromatic N) is 6. The summed E-state index contributed by atoms with van der Waals surface area (Å²) >= 11 is 0. The van der Waals surface area contributed by atoms with Gasteiger partial charge < -0.3 is 9.09 Å². The topological polar surface area (TPSA) is 104 Å². The molecule has 0 N–H and O–H groups in total. The van der Waals surface area contributed by atoms with Crippen molar-refractivity contribution in [3.05, 3.63) is 52.9 Å². The van der Waals surface area contributed by atoms with Crippen LogP contribution in [0.15, 0.2) is 28.8 Å². The molecular formula is C16H12N6O. The second-order valence-electron chi connectivity index (χ2n) is 5.00. The van der Waals surface area contributed by atoms with E-state index in [9.17, 15) is 5.26 Å². The van der Waals surface area contributed by atoms with E-state index in [-0.39, 0.29) is 17.9 Å². The Kier molecular flexibility index (Phi) is 3.62. The van der Waals surface area contributed by atoms with E-state index >= 15 is 0 Å². The van der Waals surface area contributed by atoms with Gasteiger partial charge >= 0.3 is 0 Å². The van der Waals surface area contributed by atoms with Gasteiger partial charge in [0.1, 0.15) is 18.0 Å². The molecule has 0 amide bonds. The Hall–Kier alpha value is -3.45. The summed E-state index contributed by atoms with van der Waals surface area (Å²) in [4.78, 5) is 8.44. The minimum Gasteiger partial charge on any atom is -0.334 e. The summed E-state index contributed by atoms with van der Waals surface area (Å²) in [6, 6.07) is 11.6. The summed E-state index contributed by atoms with van der Waals surface area (Å²) in [5, 5.41) is 22.2. The molecule has 0 aliphatic rings. The molecule has 1 aromatic carbocycles. The van der Waals surface area contributed by atoms with Crippen LogP contribution in [0.3, 0.4) is 0 Å². The van der Waals surface area contributed by atoms with Crippen LogP contribution in [0.2, 0.25) is 0 Å². The number of hydrogen-bond acceptors (Lipinski definition) is 6. The molecule has 0 radical (unpaired) electrons. The molecular weight excluding hydrogens is 292 g/mol. The van der Waals surface area contributed by atoms with E-state index in [4.69, 9.17) is 9.78 Å². The molecule has 0 aliphatic carbocycles. The molecule has 3 aromatic rings. The van der Waals surface area contributed by atoms with Gasteiger partial charge in [0.2, 0.25) is 0 Å². The van der Waals surface area contributed by atoms with Crippen molar-refractivity contribution in [2.75, 3.05) is 0 Å². The van der Waals surface area contributed by atoms with Gasteiger partial charge in [0.05, 0.1) is 6.54 Å². The molecule has 7 heteroatoms. The average molecular weight is 304 g/mol. The Morgan fingerprint density at radius 3 is 2.61 bits per heavy atom. The van der Waals surface area contributed by atoms with Gasteiger partial charge in [-0.05, 0) is 25.5 Å². The smallest absolute Gasteiger partial charge is 0.258 e. The molecule has 0 saturated heterocycles. The third-order valence-electron chi connectivity index (χ3n) is 3.51. The maximum Gasteiger partial charge on any atom is 0.258 e. The van der Waals surface area contributed by atoms with Crippen molar-refractivity contribution in [1.29, 1.82) is 10.5 Å². The van der Waals surface area contributed by atoms with E-state index in [2.05, 4.69) is 15.1 Å². The Labute approximate surface area is 132 Å². The molecule has 0 bridgehead atoms. The molecule has 23 heavy (non-hydrogen) atoms. The number of aromatic nitrogens is 4. The zero-order valence-electron chi connectivity index (χ0n) is 12.6. The quantitative estimate of drug-likeness (QED) is 0.735. The van der Waals surface area contributed by atoms with Gasteiger partial charge in [0.15, 0.2) is 17.2 Å². The molecule has 0 fully saturated rings. The number of benzene rings is 1. The monoisotopic (exact) mass is 304 g/mol. The highest BCUT2D eigenvalue weighted by atomic mass is 16.5. The van der Waals surface area contributed by atoms with Crippen LogP contribution in [0.4, 0.5) is 0 Å². The van der Waals surface area contributed by atoms with E-state index in [0.29, 0.717) is 17.5 Å². The van der Waals surface area contributed by atoms with Crippen LogP contribution < -0.4 is 0 Å². The number of aryl methyl sites for hydroxylation is 2. The molecule has 0 saturated carbocycles. The predicted octanol–water partition coefficient (Wildman–Crippen LogP) is 2.34. The van der Waals surface area contributed by atoms with Crippen molar-refractivity contribution >= 4 is 0 Å². The number of nitriles is 2. The highest BCUT2D eigenvalue weighted by Crippen LogP contribution is 2.21. The fraction of sp³-hybridized carbons (Fsp3) is 0.188. The minimum absolute atomic E-state index is 0.104. The van der Waals surface area contributed by atoms with Gasteiger partial charge in [-0.1, -0.05) is 23.4 Å². The lowest BCUT2D eigenvalue weighted by Crippen LogP contribution is -2.06. The first kappa shape index (κ1) is 14.5. The number of rotatable bonds is 3. The van der Waals surface area contributed by atoms with Gasteiger partial charge in [-0.2, -0.15) is 15.5 Å². The van der Waals surface area contributed by atoms with Crippen molar-refractivity contribution < 1.29 is 4.52 Å². The van der Waals surface area contributed by atoms with Gasteiger partial charge in [0.25, 0.3) is 5.89 Å². The average Bonchev–Trinajstić information content (AvgIpc) is 3.13. The summed E-state index contributed by atoms with van der Waals surface area (Å²) in [7, 11) is 0. The van der Waals surface area contributed by atoms with E-state index in [1.807, 2.05) is 43.3 Å². The fourth-order valence-corrected chi connectivity index (χ4v) is 2.33. The van der Waals surface area contributed by atoms with Crippen LogP contribution in [0.25, 0.3) is 11.5 Å². The van der Waals surface area contributed by atoms with Crippen LogP contribution in [-0.4, -0.2) is 19.7 Å². The zero-order chi connectivity index (χ0) is 16.4. The Morgan fingerprint density at radius 2 is 1.91 bits per heavy atom. The Bertz CT molecular complexity index is 954. The van der Waals surface area contributed by atoms with Crippen LogP contribution in [0.5, 0.6) is 0 Å². The summed E-state index contributed by atoms with van der Waals surface area (Å²) in [5.74, 6) is 1.40. The van der Waals surface area contributed by atoms with Crippen molar-refractivity contribution in [3.8, 4) is 23.6 Å². The first-order chi connectivity index (χ1) is 11.1. The van der Waals surface area contributed by atoms with Crippen LogP contribution in [-0.2, 0) is 6.54 Å². The molecule has 112 valence electrons. The Morgan fingerprint density at radius 1 is 1.13 bits per heavy atom. The lowest BCUT2D eigenvalue weighted by molar-refractivity contribution is 0.420. The second-order valence-corrected chi connectivity index (χ2v) is 5.00. The standard InChI is InChI=1S/C16H12N6O/c1-10-5-3-4-6-12(10)16-20-15(21-23-16)9-22-11(2)19-13(7-17)14(22)8-18/h3-6H,9H2,1-2H3. The lowest BCUT2D eigenvalue weighted by Gasteiger charge is -2.01. The second kappa shape index (κ2) is 5.74. The van der Waals surface area contributed by atoms with E-state index in [1.165, 1.54) is 0 Å². The zero-order valence-corrected chi connectivity index (χ0v) is 12.6. The predicted molar refractivity (Wildman–Crippen MR) is 80.0 cm³/mol. The third-order valence-corrected chi connectivity index (χ3v) is 3.51. The van der Waals surface area contributed by atoms with Crippen LogP contribution >= 0.6 is 0 Å².